The Labute approximate surface area is 253 Å². The van der Waals surface area contributed by atoms with Gasteiger partial charge in [-0.2, -0.15) is 13.2 Å². The molecule has 1 atom stereocenters. The Bertz CT molecular complexity index is 1520. The maximum absolute atomic E-state index is 15.4. The first-order valence-electron chi connectivity index (χ1n) is 12.9. The molecule has 242 valence electrons. The highest BCUT2D eigenvalue weighted by Gasteiger charge is 2.38. The SMILES string of the molecule is CCOc1cc(C(Nc2ccc(C(=N)N)cc2)C(=O)NNC(=O)c2ncccc2F)c(F)cc1OC(C)C.O=C(O)C(F)(F)F. The number of carboxylic acids is 1. The molecule has 3 rings (SSSR count). The molecule has 0 spiro atoms. The zero-order valence-corrected chi connectivity index (χ0v) is 24.0. The first kappa shape index (κ1) is 35.7. The van der Waals surface area contributed by atoms with Crippen molar-refractivity contribution in [3.63, 3.8) is 0 Å². The number of amidine groups is 1. The van der Waals surface area contributed by atoms with Crippen LogP contribution in [0, 0.1) is 17.0 Å². The molecule has 7 N–H and O–H groups in total. The van der Waals surface area contributed by atoms with Gasteiger partial charge in [0, 0.05) is 29.1 Å². The number of alkyl halides is 3. The summed E-state index contributed by atoms with van der Waals surface area (Å²) >= 11 is 0. The first-order chi connectivity index (χ1) is 21.0. The van der Waals surface area contributed by atoms with E-state index < -0.39 is 47.3 Å². The number of carbonyl (C=O) groups is 3. The maximum Gasteiger partial charge on any atom is 0.490 e. The number of nitrogen functional groups attached to an aromatic ring is 1. The average molecular weight is 641 g/mol. The van der Waals surface area contributed by atoms with E-state index in [0.717, 1.165) is 12.1 Å². The zero-order chi connectivity index (χ0) is 33.9. The second-order valence-corrected chi connectivity index (χ2v) is 9.07. The lowest BCUT2D eigenvalue weighted by atomic mass is 10.0. The van der Waals surface area contributed by atoms with Crippen molar-refractivity contribution in [3.8, 4) is 11.5 Å². The summed E-state index contributed by atoms with van der Waals surface area (Å²) in [5.74, 6) is -6.07. The number of nitrogens with zero attached hydrogens (tertiary/aromatic N) is 1. The number of carboxylic acid groups (broad SMARTS) is 1. The zero-order valence-electron chi connectivity index (χ0n) is 24.0. The molecule has 3 aromatic rings. The van der Waals surface area contributed by atoms with Gasteiger partial charge in [-0.1, -0.05) is 0 Å². The predicted octanol–water partition coefficient (Wildman–Crippen LogP) is 4.08. The Kier molecular flexibility index (Phi) is 12.6. The van der Waals surface area contributed by atoms with E-state index in [2.05, 4.69) is 21.2 Å². The molecule has 2 aromatic carbocycles. The highest BCUT2D eigenvalue weighted by Crippen LogP contribution is 2.35. The van der Waals surface area contributed by atoms with Gasteiger partial charge >= 0.3 is 12.1 Å². The van der Waals surface area contributed by atoms with E-state index in [1.165, 1.54) is 18.3 Å². The van der Waals surface area contributed by atoms with Gasteiger partial charge in [0.25, 0.3) is 11.8 Å². The number of amides is 2. The maximum atomic E-state index is 15.4. The normalized spacial score (nSPS) is 11.4. The molecule has 2 amide bonds. The topological polar surface area (TPSA) is 189 Å². The van der Waals surface area contributed by atoms with Crippen LogP contribution in [-0.4, -0.2) is 52.6 Å². The highest BCUT2D eigenvalue weighted by atomic mass is 19.4. The molecule has 0 saturated heterocycles. The Morgan fingerprint density at radius 1 is 1.02 bits per heavy atom. The van der Waals surface area contributed by atoms with Crippen LogP contribution in [0.2, 0.25) is 0 Å². The fourth-order valence-corrected chi connectivity index (χ4v) is 3.39. The van der Waals surface area contributed by atoms with Crippen LogP contribution in [0.1, 0.15) is 48.4 Å². The monoisotopic (exact) mass is 640 g/mol. The molecule has 0 bridgehead atoms. The number of benzene rings is 2. The number of carbonyl (C=O) groups excluding carboxylic acids is 2. The number of anilines is 1. The van der Waals surface area contributed by atoms with Gasteiger partial charge in [0.2, 0.25) is 0 Å². The number of pyridine rings is 1. The number of aromatic nitrogens is 1. The van der Waals surface area contributed by atoms with Crippen molar-refractivity contribution in [1.82, 2.24) is 15.8 Å². The van der Waals surface area contributed by atoms with E-state index in [1.54, 1.807) is 45.0 Å². The highest BCUT2D eigenvalue weighted by molar-refractivity contribution is 5.96. The van der Waals surface area contributed by atoms with Crippen molar-refractivity contribution in [1.29, 1.82) is 5.41 Å². The minimum absolute atomic E-state index is 0.115. The van der Waals surface area contributed by atoms with Crippen LogP contribution in [0.4, 0.5) is 27.6 Å². The summed E-state index contributed by atoms with van der Waals surface area (Å²) in [6, 6.07) is 9.62. The molecule has 12 nitrogen and oxygen atoms in total. The van der Waals surface area contributed by atoms with Crippen LogP contribution in [0.15, 0.2) is 54.7 Å². The minimum atomic E-state index is -5.08. The van der Waals surface area contributed by atoms with Crippen molar-refractivity contribution in [2.24, 2.45) is 5.73 Å². The lowest BCUT2D eigenvalue weighted by molar-refractivity contribution is -0.192. The van der Waals surface area contributed by atoms with Gasteiger partial charge in [-0.15, -0.1) is 0 Å². The largest absolute Gasteiger partial charge is 0.490 e. The number of nitrogens with two attached hydrogens (primary N) is 1. The third kappa shape index (κ3) is 10.6. The molecule has 0 fully saturated rings. The van der Waals surface area contributed by atoms with Crippen LogP contribution in [-0.2, 0) is 9.59 Å². The summed E-state index contributed by atoms with van der Waals surface area (Å²) in [6.07, 6.45) is -4.13. The van der Waals surface area contributed by atoms with Gasteiger partial charge in [-0.25, -0.2) is 18.6 Å². The van der Waals surface area contributed by atoms with Crippen molar-refractivity contribution in [2.45, 2.75) is 39.1 Å². The molecule has 0 aliphatic carbocycles. The average Bonchev–Trinajstić information content (AvgIpc) is 2.96. The van der Waals surface area contributed by atoms with Gasteiger partial charge in [0.15, 0.2) is 23.0 Å². The molecule has 0 aliphatic heterocycles. The third-order valence-corrected chi connectivity index (χ3v) is 5.32. The lowest BCUT2D eigenvalue weighted by Crippen LogP contribution is -2.46. The number of ether oxygens (including phenoxy) is 2. The summed E-state index contributed by atoms with van der Waals surface area (Å²) in [5.41, 5.74) is 9.96. The Balaban J connectivity index is 0.000000900. The summed E-state index contributed by atoms with van der Waals surface area (Å²) in [4.78, 5) is 38.1. The predicted molar refractivity (Wildman–Crippen MR) is 151 cm³/mol. The van der Waals surface area contributed by atoms with Gasteiger partial charge in [0.05, 0.1) is 12.7 Å². The fourth-order valence-electron chi connectivity index (χ4n) is 3.39. The van der Waals surface area contributed by atoms with E-state index in [0.29, 0.717) is 11.3 Å². The van der Waals surface area contributed by atoms with Crippen LogP contribution in [0.3, 0.4) is 0 Å². The second kappa shape index (κ2) is 15.8. The van der Waals surface area contributed by atoms with Gasteiger partial charge in [0.1, 0.15) is 17.7 Å². The van der Waals surface area contributed by atoms with Crippen LogP contribution in [0.5, 0.6) is 11.5 Å². The summed E-state index contributed by atoms with van der Waals surface area (Å²) in [7, 11) is 0. The van der Waals surface area contributed by atoms with Crippen molar-refractivity contribution < 1.29 is 50.9 Å². The van der Waals surface area contributed by atoms with E-state index in [1.807, 2.05) is 0 Å². The molecule has 0 radical (unpaired) electrons. The lowest BCUT2D eigenvalue weighted by Gasteiger charge is -2.23. The van der Waals surface area contributed by atoms with Crippen molar-refractivity contribution >= 4 is 29.3 Å². The summed E-state index contributed by atoms with van der Waals surface area (Å²) in [6.45, 7) is 5.55. The Morgan fingerprint density at radius 2 is 1.64 bits per heavy atom. The third-order valence-electron chi connectivity index (χ3n) is 5.32. The van der Waals surface area contributed by atoms with Crippen molar-refractivity contribution in [3.05, 3.63) is 83.2 Å². The van der Waals surface area contributed by atoms with Crippen molar-refractivity contribution in [2.75, 3.05) is 11.9 Å². The fraction of sp³-hybridized carbons (Fsp3) is 0.250. The Morgan fingerprint density at radius 3 is 2.16 bits per heavy atom. The smallest absolute Gasteiger partial charge is 0.490 e. The van der Waals surface area contributed by atoms with Crippen LogP contribution < -0.4 is 31.4 Å². The van der Waals surface area contributed by atoms with E-state index >= 15 is 4.39 Å². The van der Waals surface area contributed by atoms with E-state index in [-0.39, 0.29) is 35.6 Å². The molecular formula is C28H29F5N6O6. The van der Waals surface area contributed by atoms with E-state index in [4.69, 9.17) is 30.5 Å². The minimum Gasteiger partial charge on any atom is -0.490 e. The van der Waals surface area contributed by atoms with Gasteiger partial charge < -0.3 is 25.6 Å². The molecule has 1 aromatic heterocycles. The number of halogens is 5. The standard InChI is InChI=1S/C26H28F2N6O4.C2HF3O2/c1-4-37-20-12-17(19(28)13-21(20)38-14(2)3)22(32-16-9-7-15(8-10-16)24(29)30)25(35)33-34-26(36)23-18(27)6-5-11-31-23;3-2(4,5)1(6)7/h5-14,22,32H,4H2,1-3H3,(H3,29,30)(H,33,35)(H,34,36);(H,6,7). The summed E-state index contributed by atoms with van der Waals surface area (Å²) in [5, 5.41) is 17.6. The van der Waals surface area contributed by atoms with Gasteiger partial charge in [-0.05, 0) is 63.2 Å². The molecule has 1 heterocycles. The molecule has 45 heavy (non-hydrogen) atoms. The molecular weight excluding hydrogens is 611 g/mol. The molecule has 17 heteroatoms. The number of rotatable bonds is 10. The molecule has 0 aliphatic rings. The number of hydrazine groups is 1. The number of hydrogen-bond acceptors (Lipinski definition) is 8. The number of aliphatic carboxylic acids is 1. The summed E-state index contributed by atoms with van der Waals surface area (Å²) < 4.78 is 72.3. The molecule has 1 unspecified atom stereocenters. The van der Waals surface area contributed by atoms with Crippen LogP contribution in [0.25, 0.3) is 0 Å². The first-order valence-corrected chi connectivity index (χ1v) is 12.9. The Hall–Kier alpha value is -5.48. The second-order valence-electron chi connectivity index (χ2n) is 9.07. The van der Waals surface area contributed by atoms with Gasteiger partial charge in [-0.3, -0.25) is 25.8 Å². The molecule has 0 saturated carbocycles. The van der Waals surface area contributed by atoms with Crippen LogP contribution >= 0.6 is 0 Å². The quantitative estimate of drug-likeness (QED) is 0.0821. The number of nitrogens with one attached hydrogen (secondary N) is 4. The number of hydrogen-bond donors (Lipinski definition) is 6. The van der Waals surface area contributed by atoms with E-state index in [9.17, 15) is 27.2 Å².